The number of aromatic nitrogens is 5. The van der Waals surface area contributed by atoms with Crippen LogP contribution in [0.15, 0.2) is 30.5 Å². The number of hydrogen-bond donors (Lipinski definition) is 0. The maximum atomic E-state index is 13.0. The molecule has 11 heteroatoms. The number of hydrogen-bond acceptors (Lipinski definition) is 6. The van der Waals surface area contributed by atoms with Crippen LogP contribution in [0.3, 0.4) is 0 Å². The molecular weight excluding hydrogens is 383 g/mol. The Bertz CT molecular complexity index is 933. The van der Waals surface area contributed by atoms with Gasteiger partial charge in [0.25, 0.3) is 5.82 Å². The van der Waals surface area contributed by atoms with Gasteiger partial charge in [0, 0.05) is 38.9 Å². The van der Waals surface area contributed by atoms with E-state index in [9.17, 15) is 13.2 Å². The Hall–Kier alpha value is -2.46. The van der Waals surface area contributed by atoms with E-state index in [-0.39, 0.29) is 5.65 Å². The molecule has 0 radical (unpaired) electrons. The second kappa shape index (κ2) is 6.93. The fraction of sp³-hybridized carbons (Fsp3) is 0.375. The molecule has 0 bridgehead atoms. The molecule has 3 aromatic rings. The zero-order valence-electron chi connectivity index (χ0n) is 14.1. The van der Waals surface area contributed by atoms with Gasteiger partial charge >= 0.3 is 6.18 Å². The van der Waals surface area contributed by atoms with E-state index in [0.717, 1.165) is 23.3 Å². The van der Waals surface area contributed by atoms with Gasteiger partial charge in [-0.15, -0.1) is 15.3 Å². The minimum atomic E-state index is -4.60. The van der Waals surface area contributed by atoms with Gasteiger partial charge in [-0.25, -0.2) is 0 Å². The van der Waals surface area contributed by atoms with Crippen LogP contribution in [-0.2, 0) is 12.7 Å². The molecule has 0 N–H and O–H groups in total. The van der Waals surface area contributed by atoms with Gasteiger partial charge in [0.05, 0.1) is 10.7 Å². The van der Waals surface area contributed by atoms with Crippen LogP contribution in [0.25, 0.3) is 5.65 Å². The van der Waals surface area contributed by atoms with Crippen molar-refractivity contribution in [3.05, 3.63) is 47.0 Å². The normalized spacial score (nSPS) is 16.2. The zero-order chi connectivity index (χ0) is 19.0. The van der Waals surface area contributed by atoms with Gasteiger partial charge in [-0.2, -0.15) is 17.7 Å². The van der Waals surface area contributed by atoms with Crippen molar-refractivity contribution in [2.24, 2.45) is 0 Å². The summed E-state index contributed by atoms with van der Waals surface area (Å²) in [5.74, 6) is -0.649. The van der Waals surface area contributed by atoms with Crippen molar-refractivity contribution in [1.29, 1.82) is 0 Å². The van der Waals surface area contributed by atoms with E-state index >= 15 is 0 Å². The number of fused-ring (bicyclic) bond motifs is 1. The molecule has 0 spiro atoms. The highest BCUT2D eigenvalue weighted by atomic mass is 35.5. The average Bonchev–Trinajstić information content (AvgIpc) is 3.08. The van der Waals surface area contributed by atoms with Gasteiger partial charge in [-0.1, -0.05) is 11.6 Å². The number of nitrogens with zero attached hydrogens (tertiary/aromatic N) is 7. The van der Waals surface area contributed by atoms with Crippen molar-refractivity contribution in [1.82, 2.24) is 29.7 Å². The van der Waals surface area contributed by atoms with Crippen molar-refractivity contribution >= 4 is 23.1 Å². The molecule has 1 aliphatic heterocycles. The first kappa shape index (κ1) is 17.9. The summed E-state index contributed by atoms with van der Waals surface area (Å²) >= 11 is 5.84. The average molecular weight is 398 g/mol. The van der Waals surface area contributed by atoms with Crippen LogP contribution in [0.4, 0.5) is 19.0 Å². The third kappa shape index (κ3) is 3.81. The molecule has 3 aromatic heterocycles. The zero-order valence-corrected chi connectivity index (χ0v) is 14.8. The Morgan fingerprint density at radius 1 is 1.00 bits per heavy atom. The van der Waals surface area contributed by atoms with Gasteiger partial charge in [0.1, 0.15) is 5.82 Å². The lowest BCUT2D eigenvalue weighted by Gasteiger charge is -2.35. The predicted octanol–water partition coefficient (Wildman–Crippen LogP) is 2.51. The van der Waals surface area contributed by atoms with E-state index < -0.39 is 12.0 Å². The first-order chi connectivity index (χ1) is 12.9. The third-order valence-corrected chi connectivity index (χ3v) is 4.60. The summed E-state index contributed by atoms with van der Waals surface area (Å²) in [6.07, 6.45) is -2.99. The van der Waals surface area contributed by atoms with Crippen molar-refractivity contribution < 1.29 is 13.2 Å². The second-order valence-corrected chi connectivity index (χ2v) is 6.65. The molecule has 4 heterocycles. The van der Waals surface area contributed by atoms with E-state index in [2.05, 4.69) is 25.2 Å². The lowest BCUT2D eigenvalue weighted by molar-refractivity contribution is -0.146. The van der Waals surface area contributed by atoms with Gasteiger partial charge in [0.15, 0.2) is 5.65 Å². The fourth-order valence-electron chi connectivity index (χ4n) is 2.99. The Labute approximate surface area is 157 Å². The molecule has 0 aromatic carbocycles. The van der Waals surface area contributed by atoms with Crippen LogP contribution in [-0.4, -0.2) is 55.9 Å². The van der Waals surface area contributed by atoms with Crippen LogP contribution in [0.1, 0.15) is 11.5 Å². The largest absolute Gasteiger partial charge is 0.453 e. The van der Waals surface area contributed by atoms with Gasteiger partial charge < -0.3 is 4.90 Å². The topological polar surface area (TPSA) is 62.5 Å². The molecule has 0 aliphatic carbocycles. The van der Waals surface area contributed by atoms with Gasteiger partial charge in [-0.3, -0.25) is 9.88 Å². The molecule has 1 fully saturated rings. The lowest BCUT2D eigenvalue weighted by Crippen LogP contribution is -2.46. The minimum absolute atomic E-state index is 0.0681. The molecule has 7 nitrogen and oxygen atoms in total. The van der Waals surface area contributed by atoms with E-state index in [0.29, 0.717) is 30.5 Å². The van der Waals surface area contributed by atoms with Crippen molar-refractivity contribution in [3.63, 3.8) is 0 Å². The van der Waals surface area contributed by atoms with E-state index in [4.69, 9.17) is 11.6 Å². The van der Waals surface area contributed by atoms with Gasteiger partial charge in [-0.05, 0) is 24.3 Å². The Kier molecular flexibility index (Phi) is 4.60. The van der Waals surface area contributed by atoms with Crippen molar-refractivity contribution in [2.45, 2.75) is 12.7 Å². The fourth-order valence-corrected chi connectivity index (χ4v) is 3.10. The van der Waals surface area contributed by atoms with E-state index in [1.807, 2.05) is 11.0 Å². The molecule has 27 heavy (non-hydrogen) atoms. The summed E-state index contributed by atoms with van der Waals surface area (Å²) in [6.45, 7) is 3.49. The molecule has 0 atom stereocenters. The summed E-state index contributed by atoms with van der Waals surface area (Å²) in [4.78, 5) is 8.46. The molecule has 0 unspecified atom stereocenters. The SMILES string of the molecule is FC(F)(F)c1nnc2ccc(N3CCN(Cc4ccc(Cl)cn4)CC3)nn12. The summed E-state index contributed by atoms with van der Waals surface area (Å²) in [5, 5.41) is 11.4. The predicted molar refractivity (Wildman–Crippen MR) is 92.5 cm³/mol. The number of halogens is 4. The molecular formula is C16H15ClF3N7. The highest BCUT2D eigenvalue weighted by Crippen LogP contribution is 2.28. The van der Waals surface area contributed by atoms with Crippen LogP contribution in [0.2, 0.25) is 5.02 Å². The van der Waals surface area contributed by atoms with Crippen LogP contribution in [0.5, 0.6) is 0 Å². The summed E-state index contributed by atoms with van der Waals surface area (Å²) in [6, 6.07) is 6.85. The van der Waals surface area contributed by atoms with Crippen LogP contribution >= 0.6 is 11.6 Å². The summed E-state index contributed by atoms with van der Waals surface area (Å²) in [5.41, 5.74) is 0.991. The number of alkyl halides is 3. The first-order valence-electron chi connectivity index (χ1n) is 8.27. The van der Waals surface area contributed by atoms with Crippen LogP contribution < -0.4 is 4.90 Å². The quantitative estimate of drug-likeness (QED) is 0.676. The maximum absolute atomic E-state index is 13.0. The number of piperazine rings is 1. The highest BCUT2D eigenvalue weighted by molar-refractivity contribution is 6.30. The molecule has 0 amide bonds. The molecule has 4 rings (SSSR count). The smallest absolute Gasteiger partial charge is 0.353 e. The standard InChI is InChI=1S/C16H15ClF3N7/c17-11-1-2-12(21-9-11)10-25-5-7-26(8-6-25)14-4-3-13-22-23-15(16(18,19)20)27(13)24-14/h1-4,9H,5-8,10H2. The van der Waals surface area contributed by atoms with E-state index in [1.165, 1.54) is 6.07 Å². The Morgan fingerprint density at radius 3 is 2.44 bits per heavy atom. The summed E-state index contributed by atoms with van der Waals surface area (Å²) in [7, 11) is 0. The van der Waals surface area contributed by atoms with Crippen molar-refractivity contribution in [2.75, 3.05) is 31.1 Å². The first-order valence-corrected chi connectivity index (χ1v) is 8.65. The van der Waals surface area contributed by atoms with E-state index in [1.54, 1.807) is 18.3 Å². The monoisotopic (exact) mass is 397 g/mol. The Morgan fingerprint density at radius 2 is 1.78 bits per heavy atom. The lowest BCUT2D eigenvalue weighted by atomic mass is 10.2. The third-order valence-electron chi connectivity index (χ3n) is 4.37. The minimum Gasteiger partial charge on any atom is -0.353 e. The van der Waals surface area contributed by atoms with Crippen molar-refractivity contribution in [3.8, 4) is 0 Å². The number of rotatable bonds is 3. The Balaban J connectivity index is 1.45. The molecule has 1 aliphatic rings. The molecule has 1 saturated heterocycles. The molecule has 142 valence electrons. The molecule has 0 saturated carbocycles. The number of pyridine rings is 1. The number of anilines is 1. The van der Waals surface area contributed by atoms with Gasteiger partial charge in [0.2, 0.25) is 0 Å². The summed E-state index contributed by atoms with van der Waals surface area (Å²) < 4.78 is 39.8. The second-order valence-electron chi connectivity index (χ2n) is 6.21. The maximum Gasteiger partial charge on any atom is 0.453 e. The highest BCUT2D eigenvalue weighted by Gasteiger charge is 2.37. The van der Waals surface area contributed by atoms with Crippen LogP contribution in [0, 0.1) is 0 Å².